The summed E-state index contributed by atoms with van der Waals surface area (Å²) in [5.74, 6) is 6.44. The van der Waals surface area contributed by atoms with E-state index < -0.39 is 10.5 Å². The van der Waals surface area contributed by atoms with Gasteiger partial charge in [0, 0.05) is 17.5 Å². The van der Waals surface area contributed by atoms with Gasteiger partial charge in [-0.2, -0.15) is 0 Å². The van der Waals surface area contributed by atoms with Crippen LogP contribution in [0.1, 0.15) is 39.2 Å². The number of hydrogen-bond donors (Lipinski definition) is 2. The summed E-state index contributed by atoms with van der Waals surface area (Å²) in [7, 11) is 3.98. The maximum Gasteiger partial charge on any atom is 0.285 e. The highest BCUT2D eigenvalue weighted by Gasteiger charge is 2.27. The van der Waals surface area contributed by atoms with E-state index in [-0.39, 0.29) is 11.5 Å². The smallest absolute Gasteiger partial charge is 0.285 e. The van der Waals surface area contributed by atoms with Gasteiger partial charge in [0.2, 0.25) is 0 Å². The molecular formula is C20H28N6O2. The second-order valence-corrected chi connectivity index (χ2v) is 7.28. The number of fused-ring (bicyclic) bond motifs is 1. The molecule has 0 saturated heterocycles. The maximum atomic E-state index is 11.5. The third-order valence-corrected chi connectivity index (χ3v) is 5.11. The SMILES string of the molecule is CCC(CCNC)N(C)C(C)(C)C#Cc1cc2ncnc(N)c2cc1[N+](=O)[O-]. The first-order valence-corrected chi connectivity index (χ1v) is 9.30. The number of anilines is 1. The lowest BCUT2D eigenvalue weighted by Gasteiger charge is -2.37. The second-order valence-electron chi connectivity index (χ2n) is 7.28. The monoisotopic (exact) mass is 384 g/mol. The average Bonchev–Trinajstić information content (AvgIpc) is 2.66. The van der Waals surface area contributed by atoms with Crippen LogP contribution in [-0.2, 0) is 0 Å². The first-order valence-electron chi connectivity index (χ1n) is 9.30. The van der Waals surface area contributed by atoms with Gasteiger partial charge < -0.3 is 11.1 Å². The van der Waals surface area contributed by atoms with E-state index in [0.717, 1.165) is 19.4 Å². The van der Waals surface area contributed by atoms with E-state index in [9.17, 15) is 10.1 Å². The summed E-state index contributed by atoms with van der Waals surface area (Å²) in [6.07, 6.45) is 3.34. The van der Waals surface area contributed by atoms with Crippen molar-refractivity contribution in [3.63, 3.8) is 0 Å². The first kappa shape index (κ1) is 21.5. The molecule has 2 aromatic rings. The molecule has 28 heavy (non-hydrogen) atoms. The molecule has 8 nitrogen and oxygen atoms in total. The Morgan fingerprint density at radius 3 is 2.71 bits per heavy atom. The van der Waals surface area contributed by atoms with Gasteiger partial charge in [0.05, 0.1) is 16.0 Å². The molecule has 0 aliphatic heterocycles. The number of nitro benzene ring substituents is 1. The van der Waals surface area contributed by atoms with E-state index in [4.69, 9.17) is 5.73 Å². The Balaban J connectivity index is 2.44. The minimum absolute atomic E-state index is 0.0952. The third-order valence-electron chi connectivity index (χ3n) is 5.11. The fourth-order valence-electron chi connectivity index (χ4n) is 3.11. The average molecular weight is 384 g/mol. The molecule has 0 spiro atoms. The highest BCUT2D eigenvalue weighted by molar-refractivity contribution is 5.91. The molecule has 0 amide bonds. The van der Waals surface area contributed by atoms with Crippen LogP contribution in [0.3, 0.4) is 0 Å². The van der Waals surface area contributed by atoms with Gasteiger partial charge in [0.1, 0.15) is 17.7 Å². The molecule has 0 radical (unpaired) electrons. The maximum absolute atomic E-state index is 11.5. The molecule has 1 unspecified atom stereocenters. The van der Waals surface area contributed by atoms with E-state index in [1.165, 1.54) is 12.4 Å². The molecule has 1 aromatic heterocycles. The minimum atomic E-state index is -0.456. The zero-order valence-corrected chi connectivity index (χ0v) is 17.1. The standard InChI is InChI=1S/C20H28N6O2/c1-6-15(8-10-22-4)25(5)20(2,3)9-7-14-11-17-16(12-18(14)26(27)28)19(21)24-13-23-17/h11-13,15,22H,6,8,10H2,1-5H3,(H2,21,23,24). The Morgan fingerprint density at radius 1 is 1.39 bits per heavy atom. The number of aromatic nitrogens is 2. The summed E-state index contributed by atoms with van der Waals surface area (Å²) in [5, 5.41) is 15.2. The van der Waals surface area contributed by atoms with Crippen LogP contribution >= 0.6 is 0 Å². The van der Waals surface area contributed by atoms with E-state index in [0.29, 0.717) is 22.5 Å². The molecule has 1 atom stereocenters. The third kappa shape index (κ3) is 4.74. The van der Waals surface area contributed by atoms with Gasteiger partial charge in [-0.1, -0.05) is 18.8 Å². The number of nitrogens with two attached hydrogens (primary N) is 1. The summed E-state index contributed by atoms with van der Waals surface area (Å²) in [6.45, 7) is 7.12. The topological polar surface area (TPSA) is 110 Å². The van der Waals surface area contributed by atoms with Crippen LogP contribution in [0.15, 0.2) is 18.5 Å². The van der Waals surface area contributed by atoms with Gasteiger partial charge in [0.15, 0.2) is 0 Å². The van der Waals surface area contributed by atoms with Crippen molar-refractivity contribution in [3.8, 4) is 11.8 Å². The molecule has 2 rings (SSSR count). The summed E-state index contributed by atoms with van der Waals surface area (Å²) >= 11 is 0. The highest BCUT2D eigenvalue weighted by atomic mass is 16.6. The van der Waals surface area contributed by atoms with Crippen molar-refractivity contribution < 1.29 is 4.92 Å². The van der Waals surface area contributed by atoms with Gasteiger partial charge in [-0.3, -0.25) is 15.0 Å². The lowest BCUT2D eigenvalue weighted by Crippen LogP contribution is -2.47. The van der Waals surface area contributed by atoms with E-state index in [2.05, 4.69) is 38.9 Å². The van der Waals surface area contributed by atoms with Crippen molar-refractivity contribution in [1.82, 2.24) is 20.2 Å². The van der Waals surface area contributed by atoms with Crippen LogP contribution in [0, 0.1) is 22.0 Å². The zero-order valence-electron chi connectivity index (χ0n) is 17.1. The van der Waals surface area contributed by atoms with Crippen molar-refractivity contribution in [2.45, 2.75) is 45.2 Å². The normalized spacial score (nSPS) is 12.6. The van der Waals surface area contributed by atoms with Crippen LogP contribution in [0.25, 0.3) is 10.9 Å². The first-order chi connectivity index (χ1) is 13.2. The number of hydrogen-bond acceptors (Lipinski definition) is 7. The highest BCUT2D eigenvalue weighted by Crippen LogP contribution is 2.27. The fraction of sp³-hybridized carbons (Fsp3) is 0.500. The summed E-state index contributed by atoms with van der Waals surface area (Å²) in [4.78, 5) is 21.4. The Hall–Kier alpha value is -2.76. The molecule has 1 heterocycles. The Bertz CT molecular complexity index is 916. The number of nitro groups is 1. The van der Waals surface area contributed by atoms with Gasteiger partial charge >= 0.3 is 0 Å². The van der Waals surface area contributed by atoms with Crippen molar-refractivity contribution in [3.05, 3.63) is 34.1 Å². The van der Waals surface area contributed by atoms with Crippen LogP contribution in [-0.4, -0.2) is 52.0 Å². The second kappa shape index (κ2) is 8.95. The lowest BCUT2D eigenvalue weighted by atomic mass is 9.98. The minimum Gasteiger partial charge on any atom is -0.383 e. The molecule has 8 heteroatoms. The molecule has 0 aliphatic rings. The number of nitrogens with one attached hydrogen (secondary N) is 1. The van der Waals surface area contributed by atoms with Crippen molar-refractivity contribution >= 4 is 22.4 Å². The fourth-order valence-corrected chi connectivity index (χ4v) is 3.11. The molecule has 0 saturated carbocycles. The summed E-state index contributed by atoms with van der Waals surface area (Å²) in [6, 6.07) is 3.36. The molecule has 0 aliphatic carbocycles. The summed E-state index contributed by atoms with van der Waals surface area (Å²) < 4.78 is 0. The van der Waals surface area contributed by atoms with Gasteiger partial charge in [-0.05, 0) is 53.4 Å². The molecule has 0 fully saturated rings. The van der Waals surface area contributed by atoms with Gasteiger partial charge in [0.25, 0.3) is 5.69 Å². The van der Waals surface area contributed by atoms with Crippen LogP contribution in [0.4, 0.5) is 11.5 Å². The van der Waals surface area contributed by atoms with Crippen LogP contribution in [0.5, 0.6) is 0 Å². The van der Waals surface area contributed by atoms with Gasteiger partial charge in [-0.15, -0.1) is 0 Å². The predicted octanol–water partition coefficient (Wildman–Crippen LogP) is 2.57. The van der Waals surface area contributed by atoms with Crippen molar-refractivity contribution in [2.24, 2.45) is 0 Å². The number of nitrogen functional groups attached to an aromatic ring is 1. The van der Waals surface area contributed by atoms with Gasteiger partial charge in [-0.25, -0.2) is 9.97 Å². The molecule has 3 N–H and O–H groups in total. The lowest BCUT2D eigenvalue weighted by molar-refractivity contribution is -0.385. The zero-order chi connectivity index (χ0) is 20.9. The van der Waals surface area contributed by atoms with E-state index in [1.54, 1.807) is 6.07 Å². The van der Waals surface area contributed by atoms with E-state index >= 15 is 0 Å². The largest absolute Gasteiger partial charge is 0.383 e. The van der Waals surface area contributed by atoms with Crippen LogP contribution < -0.4 is 11.1 Å². The molecule has 1 aromatic carbocycles. The summed E-state index contributed by atoms with van der Waals surface area (Å²) in [5.41, 5.74) is 6.13. The number of nitrogens with zero attached hydrogens (tertiary/aromatic N) is 4. The predicted molar refractivity (Wildman–Crippen MR) is 112 cm³/mol. The van der Waals surface area contributed by atoms with E-state index in [1.807, 2.05) is 27.9 Å². The Morgan fingerprint density at radius 2 is 2.11 bits per heavy atom. The molecule has 150 valence electrons. The Kier molecular flexibility index (Phi) is 6.89. The van der Waals surface area contributed by atoms with Crippen molar-refractivity contribution in [2.75, 3.05) is 26.4 Å². The quantitative estimate of drug-likeness (QED) is 0.429. The van der Waals surface area contributed by atoms with Crippen LogP contribution in [0.2, 0.25) is 0 Å². The van der Waals surface area contributed by atoms with Crippen molar-refractivity contribution in [1.29, 1.82) is 0 Å². The molecule has 0 bridgehead atoms. The number of rotatable bonds is 7. The molecular weight excluding hydrogens is 356 g/mol. The number of benzene rings is 1. The Labute approximate surface area is 165 Å².